The van der Waals surface area contributed by atoms with Gasteiger partial charge >= 0.3 is 6.09 Å². The second-order valence-corrected chi connectivity index (χ2v) is 7.53. The Hall–Kier alpha value is -1.03. The maximum atomic E-state index is 12.2. The molecule has 0 aromatic carbocycles. The molecular weight excluding hydrogens is 276 g/mol. The summed E-state index contributed by atoms with van der Waals surface area (Å²) in [7, 11) is 0. The molecule has 2 aliphatic rings. The molecule has 1 fully saturated rings. The Balaban J connectivity index is 1.69. The van der Waals surface area contributed by atoms with Crippen molar-refractivity contribution in [2.45, 2.75) is 77.4 Å². The van der Waals surface area contributed by atoms with Gasteiger partial charge in [0.1, 0.15) is 5.60 Å². The van der Waals surface area contributed by atoms with Crippen LogP contribution in [0.4, 0.5) is 4.79 Å². The highest BCUT2D eigenvalue weighted by molar-refractivity contribution is 5.69. The van der Waals surface area contributed by atoms with Gasteiger partial charge in [-0.15, -0.1) is 0 Å². The largest absolute Gasteiger partial charge is 0.444 e. The first-order valence-corrected chi connectivity index (χ1v) is 8.84. The number of ether oxygens (including phenoxy) is 1. The number of rotatable bonds is 5. The summed E-state index contributed by atoms with van der Waals surface area (Å²) < 4.78 is 5.50. The zero-order valence-electron chi connectivity index (χ0n) is 14.5. The highest BCUT2D eigenvalue weighted by Crippen LogP contribution is 2.21. The zero-order chi connectivity index (χ0) is 16.0. The first-order valence-electron chi connectivity index (χ1n) is 8.84. The Morgan fingerprint density at radius 3 is 2.86 bits per heavy atom. The molecule has 1 N–H and O–H groups in total. The Labute approximate surface area is 135 Å². The quantitative estimate of drug-likeness (QED) is 0.619. The first kappa shape index (κ1) is 17.3. The smallest absolute Gasteiger partial charge is 0.410 e. The van der Waals surface area contributed by atoms with Crippen molar-refractivity contribution in [2.75, 3.05) is 19.6 Å². The summed E-state index contributed by atoms with van der Waals surface area (Å²) in [5.41, 5.74) is 1.19. The van der Waals surface area contributed by atoms with Gasteiger partial charge in [0.15, 0.2) is 0 Å². The lowest BCUT2D eigenvalue weighted by atomic mass is 9.97. The van der Waals surface area contributed by atoms with Crippen LogP contribution in [0, 0.1) is 0 Å². The Morgan fingerprint density at radius 2 is 2.18 bits per heavy atom. The number of carbonyl (C=O) groups excluding carboxylic acids is 1. The molecule has 0 saturated carbocycles. The highest BCUT2D eigenvalue weighted by Gasteiger charge is 2.31. The first-order chi connectivity index (χ1) is 10.5. The van der Waals surface area contributed by atoms with E-state index in [1.165, 1.54) is 25.7 Å². The third-order valence-corrected chi connectivity index (χ3v) is 4.39. The summed E-state index contributed by atoms with van der Waals surface area (Å²) in [4.78, 5) is 14.1. The maximum absolute atomic E-state index is 12.2. The summed E-state index contributed by atoms with van der Waals surface area (Å²) >= 11 is 0. The number of amides is 1. The van der Waals surface area contributed by atoms with Crippen LogP contribution in [-0.4, -0.2) is 42.3 Å². The average molecular weight is 308 g/mol. The number of carbonyl (C=O) groups is 1. The molecule has 0 spiro atoms. The Bertz CT molecular complexity index is 398. The van der Waals surface area contributed by atoms with E-state index in [2.05, 4.69) is 11.4 Å². The van der Waals surface area contributed by atoms with Crippen LogP contribution in [0.15, 0.2) is 11.6 Å². The molecule has 2 rings (SSSR count). The second kappa shape index (κ2) is 8.00. The molecule has 1 saturated heterocycles. The molecule has 0 aromatic rings. The standard InChI is InChI=1S/C18H32N2O2/c1-18(2,3)22-17(21)20-13-7-10-16(20)14-19-12-11-15-8-5-4-6-9-15/h8,16,19H,4-7,9-14H2,1-3H3. The van der Waals surface area contributed by atoms with Crippen LogP contribution < -0.4 is 5.32 Å². The van der Waals surface area contributed by atoms with Crippen molar-refractivity contribution < 1.29 is 9.53 Å². The van der Waals surface area contributed by atoms with Gasteiger partial charge in [0.25, 0.3) is 0 Å². The van der Waals surface area contributed by atoms with Crippen LogP contribution in [0.3, 0.4) is 0 Å². The molecule has 1 heterocycles. The van der Waals surface area contributed by atoms with E-state index in [1.54, 1.807) is 5.57 Å². The van der Waals surface area contributed by atoms with Gasteiger partial charge in [-0.1, -0.05) is 11.6 Å². The van der Waals surface area contributed by atoms with Gasteiger partial charge < -0.3 is 15.0 Å². The Morgan fingerprint density at radius 1 is 1.36 bits per heavy atom. The van der Waals surface area contributed by atoms with Gasteiger partial charge in [0.05, 0.1) is 0 Å². The lowest BCUT2D eigenvalue weighted by Gasteiger charge is -2.28. The summed E-state index contributed by atoms with van der Waals surface area (Å²) in [6.45, 7) is 8.49. The topological polar surface area (TPSA) is 41.6 Å². The molecule has 126 valence electrons. The van der Waals surface area contributed by atoms with Crippen molar-refractivity contribution in [1.29, 1.82) is 0 Å². The summed E-state index contributed by atoms with van der Waals surface area (Å²) in [6.07, 6.45) is 10.8. The maximum Gasteiger partial charge on any atom is 0.410 e. The lowest BCUT2D eigenvalue weighted by Crippen LogP contribution is -2.44. The van der Waals surface area contributed by atoms with Crippen LogP contribution in [0.2, 0.25) is 0 Å². The summed E-state index contributed by atoms with van der Waals surface area (Å²) in [5.74, 6) is 0. The van der Waals surface area contributed by atoms with Crippen molar-refractivity contribution in [3.05, 3.63) is 11.6 Å². The molecule has 4 heteroatoms. The van der Waals surface area contributed by atoms with Gasteiger partial charge in [-0.2, -0.15) is 0 Å². The normalized spacial score (nSPS) is 22.6. The summed E-state index contributed by atoms with van der Waals surface area (Å²) in [5, 5.41) is 3.53. The third-order valence-electron chi connectivity index (χ3n) is 4.39. The van der Waals surface area contributed by atoms with E-state index in [9.17, 15) is 4.79 Å². The van der Waals surface area contributed by atoms with Crippen molar-refractivity contribution in [3.8, 4) is 0 Å². The third kappa shape index (κ3) is 5.64. The molecule has 1 amide bonds. The minimum Gasteiger partial charge on any atom is -0.444 e. The van der Waals surface area contributed by atoms with Crippen LogP contribution in [0.25, 0.3) is 0 Å². The molecule has 1 atom stereocenters. The molecule has 0 radical (unpaired) electrons. The predicted molar refractivity (Wildman–Crippen MR) is 90.0 cm³/mol. The van der Waals surface area contributed by atoms with E-state index in [-0.39, 0.29) is 12.1 Å². The predicted octanol–water partition coefficient (Wildman–Crippen LogP) is 3.87. The van der Waals surface area contributed by atoms with Crippen molar-refractivity contribution in [3.63, 3.8) is 0 Å². The van der Waals surface area contributed by atoms with E-state index >= 15 is 0 Å². The fraction of sp³-hybridized carbons (Fsp3) is 0.833. The number of likely N-dealkylation sites (tertiary alicyclic amines) is 1. The van der Waals surface area contributed by atoms with Crippen LogP contribution in [0.5, 0.6) is 0 Å². The van der Waals surface area contributed by atoms with Gasteiger partial charge in [-0.3, -0.25) is 0 Å². The minimum atomic E-state index is -0.412. The van der Waals surface area contributed by atoms with Gasteiger partial charge in [0, 0.05) is 19.1 Å². The number of hydrogen-bond donors (Lipinski definition) is 1. The molecule has 0 bridgehead atoms. The van der Waals surface area contributed by atoms with E-state index in [1.807, 2.05) is 25.7 Å². The molecule has 1 unspecified atom stereocenters. The molecular formula is C18H32N2O2. The lowest BCUT2D eigenvalue weighted by molar-refractivity contribution is 0.0227. The zero-order valence-corrected chi connectivity index (χ0v) is 14.5. The molecule has 22 heavy (non-hydrogen) atoms. The van der Waals surface area contributed by atoms with E-state index < -0.39 is 5.60 Å². The van der Waals surface area contributed by atoms with E-state index in [4.69, 9.17) is 4.74 Å². The fourth-order valence-corrected chi connectivity index (χ4v) is 3.26. The number of nitrogens with one attached hydrogen (secondary N) is 1. The van der Waals surface area contributed by atoms with Gasteiger partial charge in [0.2, 0.25) is 0 Å². The number of nitrogens with zero attached hydrogens (tertiary/aromatic N) is 1. The second-order valence-electron chi connectivity index (χ2n) is 7.53. The molecule has 0 aromatic heterocycles. The number of allylic oxidation sites excluding steroid dienone is 1. The van der Waals surface area contributed by atoms with Crippen molar-refractivity contribution >= 4 is 6.09 Å². The average Bonchev–Trinajstić information content (AvgIpc) is 2.91. The van der Waals surface area contributed by atoms with Crippen molar-refractivity contribution in [1.82, 2.24) is 10.2 Å². The minimum absolute atomic E-state index is 0.160. The molecule has 4 nitrogen and oxygen atoms in total. The molecule has 1 aliphatic heterocycles. The monoisotopic (exact) mass is 308 g/mol. The van der Waals surface area contributed by atoms with Gasteiger partial charge in [-0.05, 0) is 72.3 Å². The highest BCUT2D eigenvalue weighted by atomic mass is 16.6. The number of hydrogen-bond acceptors (Lipinski definition) is 3. The van der Waals surface area contributed by atoms with Gasteiger partial charge in [-0.25, -0.2) is 4.79 Å². The van der Waals surface area contributed by atoms with Crippen LogP contribution >= 0.6 is 0 Å². The molecule has 1 aliphatic carbocycles. The SMILES string of the molecule is CC(C)(C)OC(=O)N1CCCC1CNCCC1=CCCCC1. The van der Waals surface area contributed by atoms with Crippen molar-refractivity contribution in [2.24, 2.45) is 0 Å². The van der Waals surface area contributed by atoms with Crippen LogP contribution in [0.1, 0.15) is 65.7 Å². The Kier molecular flexibility index (Phi) is 6.30. The fourth-order valence-electron chi connectivity index (χ4n) is 3.26. The summed E-state index contributed by atoms with van der Waals surface area (Å²) in [6, 6.07) is 0.287. The van der Waals surface area contributed by atoms with Crippen LogP contribution in [-0.2, 0) is 4.74 Å². The van der Waals surface area contributed by atoms with E-state index in [0.29, 0.717) is 0 Å². The van der Waals surface area contributed by atoms with E-state index in [0.717, 1.165) is 38.9 Å².